The second-order valence-electron chi connectivity index (χ2n) is 5.18. The largest absolute Gasteiger partial charge is 0.485 e. The summed E-state index contributed by atoms with van der Waals surface area (Å²) >= 11 is 1.61. The number of carbonyl (C=O) groups is 1. The molecule has 0 aliphatic carbocycles. The van der Waals surface area contributed by atoms with Crippen molar-refractivity contribution in [3.63, 3.8) is 0 Å². The number of rotatable bonds is 4. The van der Waals surface area contributed by atoms with E-state index in [0.29, 0.717) is 0 Å². The summed E-state index contributed by atoms with van der Waals surface area (Å²) in [5, 5.41) is 0.930. The lowest BCUT2D eigenvalue weighted by Gasteiger charge is -2.13. The zero-order chi connectivity index (χ0) is 15.5. The summed E-state index contributed by atoms with van der Waals surface area (Å²) in [6.45, 7) is 2.05. The lowest BCUT2D eigenvalue weighted by atomic mass is 10.2. The molecule has 3 nitrogen and oxygen atoms in total. The third-order valence-corrected chi connectivity index (χ3v) is 4.59. The van der Waals surface area contributed by atoms with Crippen LogP contribution in [0.15, 0.2) is 64.5 Å². The highest BCUT2D eigenvalue weighted by Gasteiger charge is 2.21. The van der Waals surface area contributed by atoms with Gasteiger partial charge in [0.05, 0.1) is 10.7 Å². The molecule has 2 aromatic carbocycles. The minimum absolute atomic E-state index is 0.0383. The average molecular weight is 311 g/mol. The van der Waals surface area contributed by atoms with Crippen molar-refractivity contribution in [3.05, 3.63) is 65.2 Å². The molecule has 0 saturated heterocycles. The van der Waals surface area contributed by atoms with Crippen LogP contribution in [0.5, 0.6) is 5.75 Å². The Hall–Kier alpha value is -2.20. The second-order valence-corrected chi connectivity index (χ2v) is 6.25. The van der Waals surface area contributed by atoms with E-state index < -0.39 is 0 Å². The summed E-state index contributed by atoms with van der Waals surface area (Å²) in [7, 11) is 1.97. The number of thioether (sulfide) groups is 1. The number of fused-ring (bicyclic) bond motifs is 1. The maximum Gasteiger partial charge on any atom is 0.195 e. The molecule has 0 unspecified atom stereocenters. The van der Waals surface area contributed by atoms with Crippen LogP contribution in [0.25, 0.3) is 0 Å². The number of ether oxygens (including phenoxy) is 1. The molecule has 4 heteroatoms. The number of aryl methyl sites for hydroxylation is 1. The third kappa shape index (κ3) is 3.17. The molecule has 1 aliphatic heterocycles. The quantitative estimate of drug-likeness (QED) is 0.798. The van der Waals surface area contributed by atoms with Crippen molar-refractivity contribution in [1.82, 2.24) is 0 Å². The van der Waals surface area contributed by atoms with Crippen LogP contribution >= 0.6 is 11.8 Å². The summed E-state index contributed by atoms with van der Waals surface area (Å²) in [4.78, 5) is 15.3. The zero-order valence-corrected chi connectivity index (χ0v) is 13.4. The van der Waals surface area contributed by atoms with E-state index in [4.69, 9.17) is 4.74 Å². The normalized spacial score (nSPS) is 15.0. The Morgan fingerprint density at radius 3 is 2.82 bits per heavy atom. The molecule has 2 aromatic rings. The first kappa shape index (κ1) is 14.7. The van der Waals surface area contributed by atoms with Crippen LogP contribution in [0.1, 0.15) is 5.56 Å². The highest BCUT2D eigenvalue weighted by atomic mass is 32.2. The first-order chi connectivity index (χ1) is 10.6. The summed E-state index contributed by atoms with van der Waals surface area (Å²) in [5.41, 5.74) is 2.25. The molecule has 0 bridgehead atoms. The zero-order valence-electron chi connectivity index (χ0n) is 12.6. The summed E-state index contributed by atoms with van der Waals surface area (Å²) in [6.07, 6.45) is 1.65. The van der Waals surface area contributed by atoms with Crippen LogP contribution in [0.2, 0.25) is 0 Å². The fourth-order valence-corrected chi connectivity index (χ4v) is 3.39. The van der Waals surface area contributed by atoms with Crippen molar-refractivity contribution in [2.24, 2.45) is 0 Å². The third-order valence-electron chi connectivity index (χ3n) is 3.43. The van der Waals surface area contributed by atoms with E-state index in [2.05, 4.69) is 12.1 Å². The maximum absolute atomic E-state index is 12.1. The van der Waals surface area contributed by atoms with Gasteiger partial charge in [0.2, 0.25) is 0 Å². The number of anilines is 1. The van der Waals surface area contributed by atoms with Crippen LogP contribution in [0.4, 0.5) is 5.69 Å². The summed E-state index contributed by atoms with van der Waals surface area (Å²) in [5.74, 6) is 0.686. The van der Waals surface area contributed by atoms with E-state index in [1.807, 2.05) is 55.3 Å². The van der Waals surface area contributed by atoms with Gasteiger partial charge in [-0.3, -0.25) is 4.79 Å². The lowest BCUT2D eigenvalue weighted by Crippen LogP contribution is -2.14. The predicted molar refractivity (Wildman–Crippen MR) is 90.5 cm³/mol. The Bertz CT molecular complexity index is 739. The van der Waals surface area contributed by atoms with Crippen molar-refractivity contribution < 1.29 is 9.53 Å². The Kier molecular flexibility index (Phi) is 4.20. The number of ketones is 1. The number of hydrogen-bond donors (Lipinski definition) is 0. The Balaban J connectivity index is 1.65. The molecule has 0 atom stereocenters. The SMILES string of the molecule is Cc1cccc(OCC(=O)/C=C2\Sc3ccccc3N2C)c1. The Labute approximate surface area is 134 Å². The van der Waals surface area contributed by atoms with E-state index in [1.165, 1.54) is 4.90 Å². The standard InChI is InChI=1S/C18H17NO2S/c1-13-6-5-7-15(10-13)21-12-14(20)11-18-19(2)16-8-3-4-9-17(16)22-18/h3-11H,12H2,1-2H3/b18-11-. The number of para-hydroxylation sites is 1. The molecule has 1 aliphatic rings. The van der Waals surface area contributed by atoms with Crippen molar-refractivity contribution in [3.8, 4) is 5.75 Å². The Morgan fingerprint density at radius 2 is 2.05 bits per heavy atom. The van der Waals surface area contributed by atoms with Crippen LogP contribution in [-0.4, -0.2) is 19.4 Å². The van der Waals surface area contributed by atoms with Crippen molar-refractivity contribution in [2.45, 2.75) is 11.8 Å². The highest BCUT2D eigenvalue weighted by molar-refractivity contribution is 8.03. The van der Waals surface area contributed by atoms with Gasteiger partial charge in [0.15, 0.2) is 12.4 Å². The molecule has 3 rings (SSSR count). The number of nitrogens with zero attached hydrogens (tertiary/aromatic N) is 1. The Morgan fingerprint density at radius 1 is 1.23 bits per heavy atom. The van der Waals surface area contributed by atoms with E-state index in [1.54, 1.807) is 17.8 Å². The molecule has 0 radical (unpaired) electrons. The van der Waals surface area contributed by atoms with Crippen LogP contribution in [-0.2, 0) is 4.79 Å². The molecule has 22 heavy (non-hydrogen) atoms. The van der Waals surface area contributed by atoms with Crippen LogP contribution in [0.3, 0.4) is 0 Å². The highest BCUT2D eigenvalue weighted by Crippen LogP contribution is 2.44. The van der Waals surface area contributed by atoms with E-state index in [9.17, 15) is 4.79 Å². The molecular formula is C18H17NO2S. The molecule has 112 valence electrons. The monoisotopic (exact) mass is 311 g/mol. The van der Waals surface area contributed by atoms with Crippen LogP contribution < -0.4 is 9.64 Å². The van der Waals surface area contributed by atoms with Gasteiger partial charge in [-0.1, -0.05) is 36.0 Å². The van der Waals surface area contributed by atoms with Crippen molar-refractivity contribution >= 4 is 23.2 Å². The van der Waals surface area contributed by atoms with E-state index in [-0.39, 0.29) is 12.4 Å². The van der Waals surface area contributed by atoms with Crippen molar-refractivity contribution in [1.29, 1.82) is 0 Å². The minimum Gasteiger partial charge on any atom is -0.485 e. The summed E-state index contributed by atoms with van der Waals surface area (Å²) in [6, 6.07) is 15.8. The lowest BCUT2D eigenvalue weighted by molar-refractivity contribution is -0.116. The molecule has 0 saturated carbocycles. The second kappa shape index (κ2) is 6.28. The molecule has 0 fully saturated rings. The fraction of sp³-hybridized carbons (Fsp3) is 0.167. The molecule has 0 spiro atoms. The van der Waals surface area contributed by atoms with Crippen molar-refractivity contribution in [2.75, 3.05) is 18.6 Å². The van der Waals surface area contributed by atoms with Gasteiger partial charge in [0.1, 0.15) is 5.75 Å². The van der Waals surface area contributed by atoms with Gasteiger partial charge in [-0.15, -0.1) is 0 Å². The molecule has 0 N–H and O–H groups in total. The van der Waals surface area contributed by atoms with Gasteiger partial charge in [-0.2, -0.15) is 0 Å². The van der Waals surface area contributed by atoms with Gasteiger partial charge in [-0.05, 0) is 36.8 Å². The van der Waals surface area contributed by atoms with E-state index in [0.717, 1.165) is 22.0 Å². The van der Waals surface area contributed by atoms with Gasteiger partial charge in [0.25, 0.3) is 0 Å². The number of carbonyl (C=O) groups excluding carboxylic acids is 1. The van der Waals surface area contributed by atoms with Gasteiger partial charge < -0.3 is 9.64 Å². The number of hydrogen-bond acceptors (Lipinski definition) is 4. The smallest absolute Gasteiger partial charge is 0.195 e. The molecule has 0 aromatic heterocycles. The first-order valence-corrected chi connectivity index (χ1v) is 7.90. The number of benzene rings is 2. The molecule has 0 amide bonds. The predicted octanol–water partition coefficient (Wildman–Crippen LogP) is 4.03. The van der Waals surface area contributed by atoms with Gasteiger partial charge in [-0.25, -0.2) is 0 Å². The first-order valence-electron chi connectivity index (χ1n) is 7.08. The topological polar surface area (TPSA) is 29.5 Å². The summed E-state index contributed by atoms with van der Waals surface area (Å²) < 4.78 is 5.55. The molecular weight excluding hydrogens is 294 g/mol. The maximum atomic E-state index is 12.1. The minimum atomic E-state index is -0.0383. The fourth-order valence-electron chi connectivity index (χ4n) is 2.29. The van der Waals surface area contributed by atoms with Gasteiger partial charge in [0, 0.05) is 18.0 Å². The molecule has 1 heterocycles. The van der Waals surface area contributed by atoms with E-state index >= 15 is 0 Å². The average Bonchev–Trinajstić information content (AvgIpc) is 2.82. The van der Waals surface area contributed by atoms with Crippen LogP contribution in [0, 0.1) is 6.92 Å². The van der Waals surface area contributed by atoms with Gasteiger partial charge >= 0.3 is 0 Å².